The van der Waals surface area contributed by atoms with Gasteiger partial charge in [-0.1, -0.05) is 23.9 Å². The molecule has 0 unspecified atom stereocenters. The van der Waals surface area contributed by atoms with Gasteiger partial charge in [0.1, 0.15) is 5.82 Å². The summed E-state index contributed by atoms with van der Waals surface area (Å²) in [4.78, 5) is 18.7. The van der Waals surface area contributed by atoms with E-state index in [4.69, 9.17) is 9.98 Å². The van der Waals surface area contributed by atoms with Gasteiger partial charge in [-0.25, -0.2) is 4.98 Å². The molecule has 0 N–H and O–H groups in total. The lowest BCUT2D eigenvalue weighted by Crippen LogP contribution is -2.48. The van der Waals surface area contributed by atoms with Gasteiger partial charge in [0.25, 0.3) is 0 Å². The number of aromatic nitrogens is 2. The first-order valence-electron chi connectivity index (χ1n) is 8.06. The second-order valence-corrected chi connectivity index (χ2v) is 8.33. The summed E-state index contributed by atoms with van der Waals surface area (Å²) in [5.74, 6) is 0.977. The van der Waals surface area contributed by atoms with Crippen molar-refractivity contribution >= 4 is 33.8 Å². The van der Waals surface area contributed by atoms with Crippen molar-refractivity contribution in [1.82, 2.24) is 14.9 Å². The van der Waals surface area contributed by atoms with Crippen LogP contribution in [0.5, 0.6) is 0 Å². The zero-order valence-electron chi connectivity index (χ0n) is 13.6. The number of piperazine rings is 1. The first kappa shape index (κ1) is 14.8. The molecule has 1 fully saturated rings. The standard InChI is InChI=1S/C17H21N5S/c1-17(2)12-19-16(23-17)22-9-7-21(8-10-22)15-11-18-13-5-3-4-6-14(13)20-15/h3-6,11H,7-10,12H2,1-2H3. The average molecular weight is 327 g/mol. The van der Waals surface area contributed by atoms with Crippen LogP contribution in [0, 0.1) is 0 Å². The molecule has 0 atom stereocenters. The molecule has 2 aliphatic heterocycles. The number of hydrogen-bond acceptors (Lipinski definition) is 6. The number of anilines is 1. The van der Waals surface area contributed by atoms with Crippen LogP contribution in [-0.4, -0.2) is 57.5 Å². The molecule has 5 nitrogen and oxygen atoms in total. The SMILES string of the molecule is CC1(C)CN=C(N2CCN(c3cnc4ccccc4n3)CC2)S1. The number of para-hydroxylation sites is 2. The maximum Gasteiger partial charge on any atom is 0.159 e. The van der Waals surface area contributed by atoms with Crippen LogP contribution in [-0.2, 0) is 0 Å². The Balaban J connectivity index is 1.44. The van der Waals surface area contributed by atoms with Crippen LogP contribution in [0.3, 0.4) is 0 Å². The fourth-order valence-electron chi connectivity index (χ4n) is 2.96. The Morgan fingerprint density at radius 1 is 1.00 bits per heavy atom. The van der Waals surface area contributed by atoms with Crippen molar-refractivity contribution in [2.45, 2.75) is 18.6 Å². The van der Waals surface area contributed by atoms with Crippen LogP contribution in [0.4, 0.5) is 5.82 Å². The molecule has 0 spiro atoms. The predicted molar refractivity (Wildman–Crippen MR) is 97.3 cm³/mol. The molecule has 0 aliphatic carbocycles. The largest absolute Gasteiger partial charge is 0.352 e. The highest BCUT2D eigenvalue weighted by Gasteiger charge is 2.31. The van der Waals surface area contributed by atoms with Gasteiger partial charge in [0, 0.05) is 30.9 Å². The fourth-order valence-corrected chi connectivity index (χ4v) is 4.02. The molecule has 3 heterocycles. The van der Waals surface area contributed by atoms with Gasteiger partial charge in [0.2, 0.25) is 0 Å². The van der Waals surface area contributed by atoms with Gasteiger partial charge >= 0.3 is 0 Å². The van der Waals surface area contributed by atoms with Crippen molar-refractivity contribution in [2.75, 3.05) is 37.6 Å². The molecule has 23 heavy (non-hydrogen) atoms. The van der Waals surface area contributed by atoms with Crippen LogP contribution in [0.15, 0.2) is 35.5 Å². The molecule has 0 radical (unpaired) electrons. The van der Waals surface area contributed by atoms with Crippen LogP contribution < -0.4 is 4.90 Å². The number of nitrogens with zero attached hydrogens (tertiary/aromatic N) is 5. The molecule has 2 aliphatic rings. The van der Waals surface area contributed by atoms with Crippen LogP contribution in [0.25, 0.3) is 11.0 Å². The molecular formula is C17H21N5S. The summed E-state index contributed by atoms with van der Waals surface area (Å²) in [6.45, 7) is 9.36. The van der Waals surface area contributed by atoms with Crippen molar-refractivity contribution in [3.63, 3.8) is 0 Å². The summed E-state index contributed by atoms with van der Waals surface area (Å²) in [5.41, 5.74) is 1.92. The highest BCUT2D eigenvalue weighted by Crippen LogP contribution is 2.33. The molecule has 6 heteroatoms. The Labute approximate surface area is 140 Å². The molecule has 1 aromatic heterocycles. The zero-order chi connectivity index (χ0) is 15.9. The number of aliphatic imine (C=N–C) groups is 1. The number of benzene rings is 1. The minimum absolute atomic E-state index is 0.246. The molecule has 4 rings (SSSR count). The molecule has 2 aromatic rings. The Morgan fingerprint density at radius 2 is 1.70 bits per heavy atom. The van der Waals surface area contributed by atoms with Crippen molar-refractivity contribution in [3.8, 4) is 0 Å². The van der Waals surface area contributed by atoms with E-state index in [1.54, 1.807) is 0 Å². The van der Waals surface area contributed by atoms with E-state index in [0.717, 1.165) is 49.6 Å². The van der Waals surface area contributed by atoms with Gasteiger partial charge in [-0.3, -0.25) is 9.98 Å². The van der Waals surface area contributed by atoms with Crippen LogP contribution in [0.1, 0.15) is 13.8 Å². The minimum Gasteiger partial charge on any atom is -0.352 e. The maximum atomic E-state index is 4.75. The molecule has 120 valence electrons. The van der Waals surface area contributed by atoms with E-state index in [-0.39, 0.29) is 4.75 Å². The molecule has 1 aromatic carbocycles. The van der Waals surface area contributed by atoms with Crippen molar-refractivity contribution in [2.24, 2.45) is 4.99 Å². The van der Waals surface area contributed by atoms with E-state index in [1.807, 2.05) is 42.2 Å². The van der Waals surface area contributed by atoms with E-state index < -0.39 is 0 Å². The van der Waals surface area contributed by atoms with Crippen molar-refractivity contribution in [1.29, 1.82) is 0 Å². The first-order chi connectivity index (χ1) is 11.1. The van der Waals surface area contributed by atoms with Crippen LogP contribution >= 0.6 is 11.8 Å². The van der Waals surface area contributed by atoms with Crippen molar-refractivity contribution < 1.29 is 0 Å². The minimum atomic E-state index is 0.246. The lowest BCUT2D eigenvalue weighted by molar-refractivity contribution is 0.391. The van der Waals surface area contributed by atoms with E-state index in [0.29, 0.717) is 0 Å². The summed E-state index contributed by atoms with van der Waals surface area (Å²) >= 11 is 1.90. The number of rotatable bonds is 1. The number of hydrogen-bond donors (Lipinski definition) is 0. The molecule has 1 saturated heterocycles. The second kappa shape index (κ2) is 5.67. The Kier molecular flexibility index (Phi) is 3.64. The van der Waals surface area contributed by atoms with E-state index in [1.165, 1.54) is 5.17 Å². The van der Waals surface area contributed by atoms with Gasteiger partial charge in [-0.05, 0) is 26.0 Å². The molecule has 0 saturated carbocycles. The first-order valence-corrected chi connectivity index (χ1v) is 8.88. The average Bonchev–Trinajstić information content (AvgIpc) is 2.94. The highest BCUT2D eigenvalue weighted by molar-refractivity contribution is 8.15. The zero-order valence-corrected chi connectivity index (χ0v) is 14.4. The topological polar surface area (TPSA) is 44.6 Å². The second-order valence-electron chi connectivity index (χ2n) is 6.65. The number of thioether (sulfide) groups is 1. The maximum absolute atomic E-state index is 4.75. The van der Waals surface area contributed by atoms with E-state index >= 15 is 0 Å². The highest BCUT2D eigenvalue weighted by atomic mass is 32.2. The van der Waals surface area contributed by atoms with Gasteiger partial charge < -0.3 is 9.80 Å². The molecular weight excluding hydrogens is 306 g/mol. The lowest BCUT2D eigenvalue weighted by atomic mass is 10.2. The third-order valence-electron chi connectivity index (χ3n) is 4.27. The quantitative estimate of drug-likeness (QED) is 0.806. The summed E-state index contributed by atoms with van der Waals surface area (Å²) in [7, 11) is 0. The van der Waals surface area contributed by atoms with Crippen LogP contribution in [0.2, 0.25) is 0 Å². The Bertz CT molecular complexity index is 749. The summed E-state index contributed by atoms with van der Waals surface area (Å²) in [5, 5.41) is 1.21. The number of amidine groups is 1. The smallest absolute Gasteiger partial charge is 0.159 e. The Hall–Kier alpha value is -1.82. The summed E-state index contributed by atoms with van der Waals surface area (Å²) in [6.07, 6.45) is 1.89. The number of fused-ring (bicyclic) bond motifs is 1. The fraction of sp³-hybridized carbons (Fsp3) is 0.471. The van der Waals surface area contributed by atoms with Gasteiger partial charge in [-0.2, -0.15) is 0 Å². The summed E-state index contributed by atoms with van der Waals surface area (Å²) < 4.78 is 0.246. The third kappa shape index (κ3) is 3.00. The third-order valence-corrected chi connectivity index (χ3v) is 5.52. The van der Waals surface area contributed by atoms with Gasteiger partial charge in [0.05, 0.1) is 23.8 Å². The van der Waals surface area contributed by atoms with E-state index in [2.05, 4.69) is 28.6 Å². The molecule has 0 bridgehead atoms. The summed E-state index contributed by atoms with van der Waals surface area (Å²) in [6, 6.07) is 8.03. The van der Waals surface area contributed by atoms with Gasteiger partial charge in [0.15, 0.2) is 5.17 Å². The lowest BCUT2D eigenvalue weighted by Gasteiger charge is -2.36. The van der Waals surface area contributed by atoms with Gasteiger partial charge in [-0.15, -0.1) is 0 Å². The predicted octanol–water partition coefficient (Wildman–Crippen LogP) is 2.63. The normalized spacial score (nSPS) is 20.9. The monoisotopic (exact) mass is 327 g/mol. The molecule has 0 amide bonds. The Morgan fingerprint density at radius 3 is 2.39 bits per heavy atom. The van der Waals surface area contributed by atoms with Crippen molar-refractivity contribution in [3.05, 3.63) is 30.5 Å². The van der Waals surface area contributed by atoms with E-state index in [9.17, 15) is 0 Å².